The molecule has 0 saturated carbocycles. The van der Waals surface area contributed by atoms with E-state index in [0.717, 1.165) is 12.1 Å². The summed E-state index contributed by atoms with van der Waals surface area (Å²) < 4.78 is 31.9. The van der Waals surface area contributed by atoms with Gasteiger partial charge in [-0.05, 0) is 11.6 Å². The first kappa shape index (κ1) is 14.9. The van der Waals surface area contributed by atoms with E-state index in [9.17, 15) is 18.4 Å². The molecule has 2 amide bonds. The molecule has 118 valence electrons. The van der Waals surface area contributed by atoms with Gasteiger partial charge >= 0.3 is 0 Å². The third-order valence-electron chi connectivity index (χ3n) is 3.95. The lowest BCUT2D eigenvalue weighted by Gasteiger charge is -2.27. The number of carbonyl (C=O) groups excluding carboxylic acids is 2. The fourth-order valence-electron chi connectivity index (χ4n) is 2.77. The Morgan fingerprint density at radius 3 is 2.91 bits per heavy atom. The van der Waals surface area contributed by atoms with Crippen molar-refractivity contribution in [2.24, 2.45) is 5.92 Å². The summed E-state index contributed by atoms with van der Waals surface area (Å²) >= 11 is 0. The highest BCUT2D eigenvalue weighted by Gasteiger charge is 2.35. The van der Waals surface area contributed by atoms with Crippen LogP contribution in [0.2, 0.25) is 0 Å². The number of ether oxygens (including phenoxy) is 1. The largest absolute Gasteiger partial charge is 0.378 e. The number of fused-ring (bicyclic) bond motifs is 3. The van der Waals surface area contributed by atoms with Gasteiger partial charge in [-0.1, -0.05) is 6.07 Å². The summed E-state index contributed by atoms with van der Waals surface area (Å²) in [6, 6.07) is 2.91. The molecule has 7 heteroatoms. The van der Waals surface area contributed by atoms with Crippen LogP contribution < -0.4 is 5.32 Å². The summed E-state index contributed by atoms with van der Waals surface area (Å²) in [6.07, 6.45) is -0.152. The van der Waals surface area contributed by atoms with Crippen LogP contribution in [0.25, 0.3) is 0 Å². The lowest BCUT2D eigenvalue weighted by atomic mass is 10.1. The molecule has 2 bridgehead atoms. The Kier molecular flexibility index (Phi) is 4.06. The van der Waals surface area contributed by atoms with Crippen LogP contribution in [0.4, 0.5) is 8.78 Å². The van der Waals surface area contributed by atoms with E-state index in [2.05, 4.69) is 5.32 Å². The number of benzene rings is 1. The molecule has 5 nitrogen and oxygen atoms in total. The van der Waals surface area contributed by atoms with Crippen molar-refractivity contribution in [3.8, 4) is 0 Å². The van der Waals surface area contributed by atoms with Gasteiger partial charge in [-0.15, -0.1) is 0 Å². The smallest absolute Gasteiger partial charge is 0.227 e. The Balaban J connectivity index is 1.73. The van der Waals surface area contributed by atoms with E-state index in [-0.39, 0.29) is 43.0 Å². The molecule has 0 radical (unpaired) electrons. The van der Waals surface area contributed by atoms with Gasteiger partial charge in [0.25, 0.3) is 0 Å². The monoisotopic (exact) mass is 310 g/mol. The highest BCUT2D eigenvalue weighted by molar-refractivity contribution is 5.83. The summed E-state index contributed by atoms with van der Waals surface area (Å²) in [7, 11) is 0. The van der Waals surface area contributed by atoms with Crippen molar-refractivity contribution in [1.82, 2.24) is 10.2 Å². The Morgan fingerprint density at radius 2 is 2.14 bits per heavy atom. The number of nitrogens with one attached hydrogen (secondary N) is 1. The first-order valence-electron chi connectivity index (χ1n) is 7.13. The second-order valence-electron chi connectivity index (χ2n) is 5.65. The van der Waals surface area contributed by atoms with Gasteiger partial charge in [0.1, 0.15) is 11.6 Å². The van der Waals surface area contributed by atoms with Crippen LogP contribution in [0.15, 0.2) is 18.2 Å². The van der Waals surface area contributed by atoms with Gasteiger partial charge in [0.15, 0.2) is 0 Å². The zero-order valence-corrected chi connectivity index (χ0v) is 11.9. The molecule has 2 aliphatic heterocycles. The number of hydrogen-bond acceptors (Lipinski definition) is 3. The molecule has 2 fully saturated rings. The summed E-state index contributed by atoms with van der Waals surface area (Å²) in [5.41, 5.74) is 0.149. The lowest BCUT2D eigenvalue weighted by molar-refractivity contribution is -0.133. The zero-order chi connectivity index (χ0) is 15.7. The van der Waals surface area contributed by atoms with Crippen LogP contribution in [0.5, 0.6) is 0 Å². The molecular weight excluding hydrogens is 294 g/mol. The van der Waals surface area contributed by atoms with E-state index in [1.54, 1.807) is 4.90 Å². The fourth-order valence-corrected chi connectivity index (χ4v) is 2.77. The molecule has 2 saturated heterocycles. The lowest BCUT2D eigenvalue weighted by Crippen LogP contribution is -2.45. The Hall–Kier alpha value is -2.02. The van der Waals surface area contributed by atoms with E-state index in [1.165, 1.54) is 6.07 Å². The Labute approximate surface area is 126 Å². The molecule has 2 aliphatic rings. The van der Waals surface area contributed by atoms with E-state index in [4.69, 9.17) is 4.74 Å². The molecule has 1 aromatic carbocycles. The summed E-state index contributed by atoms with van der Waals surface area (Å²) in [5.74, 6) is -2.22. The van der Waals surface area contributed by atoms with Gasteiger partial charge in [-0.3, -0.25) is 9.59 Å². The van der Waals surface area contributed by atoms with E-state index in [0.29, 0.717) is 13.2 Å². The quantitative estimate of drug-likeness (QED) is 0.864. The highest BCUT2D eigenvalue weighted by atomic mass is 19.1. The van der Waals surface area contributed by atoms with Crippen molar-refractivity contribution in [3.63, 3.8) is 0 Å². The molecule has 0 unspecified atom stereocenters. The molecule has 0 aromatic heterocycles. The molecule has 0 spiro atoms. The molecular formula is C15H16F2N2O3. The maximum Gasteiger partial charge on any atom is 0.227 e. The number of rotatable bonds is 2. The predicted octanol–water partition coefficient (Wildman–Crippen LogP) is 0.481. The van der Waals surface area contributed by atoms with Crippen molar-refractivity contribution >= 4 is 11.8 Å². The van der Waals surface area contributed by atoms with E-state index < -0.39 is 17.6 Å². The van der Waals surface area contributed by atoms with E-state index in [1.807, 2.05) is 0 Å². The van der Waals surface area contributed by atoms with Crippen molar-refractivity contribution in [2.45, 2.75) is 12.5 Å². The van der Waals surface area contributed by atoms with E-state index >= 15 is 0 Å². The van der Waals surface area contributed by atoms with Crippen LogP contribution in [0.1, 0.15) is 5.56 Å². The molecule has 1 aromatic rings. The van der Waals surface area contributed by atoms with Gasteiger partial charge in [0.05, 0.1) is 31.6 Å². The Morgan fingerprint density at radius 1 is 1.32 bits per heavy atom. The standard InChI is InChI=1S/C15H16F2N2O3/c16-11-2-1-9(13(17)4-11)3-14(20)19-5-10-7-22-8-12(6-19)18-15(10)21/h1-2,4,10,12H,3,5-8H2,(H,18,21)/t10-,12+/m1/s1. The van der Waals surface area contributed by atoms with Crippen LogP contribution in [-0.4, -0.2) is 49.1 Å². The third kappa shape index (κ3) is 3.09. The summed E-state index contributed by atoms with van der Waals surface area (Å²) in [4.78, 5) is 25.8. The average molecular weight is 310 g/mol. The molecule has 22 heavy (non-hydrogen) atoms. The van der Waals surface area contributed by atoms with Crippen LogP contribution in [0, 0.1) is 17.6 Å². The van der Waals surface area contributed by atoms with Crippen molar-refractivity contribution in [2.75, 3.05) is 26.3 Å². The van der Waals surface area contributed by atoms with Crippen LogP contribution in [-0.2, 0) is 20.7 Å². The minimum Gasteiger partial charge on any atom is -0.378 e. The minimum absolute atomic E-state index is 0.120. The number of amides is 2. The second-order valence-corrected chi connectivity index (χ2v) is 5.65. The van der Waals surface area contributed by atoms with Crippen molar-refractivity contribution < 1.29 is 23.1 Å². The topological polar surface area (TPSA) is 58.6 Å². The first-order chi connectivity index (χ1) is 10.5. The van der Waals surface area contributed by atoms with Crippen LogP contribution in [0.3, 0.4) is 0 Å². The average Bonchev–Trinajstić information content (AvgIpc) is 2.70. The SMILES string of the molecule is O=C1N[C@@H]2COC[C@H]1CN(C(=O)Cc1ccc(F)cc1F)C2. The zero-order valence-electron chi connectivity index (χ0n) is 11.9. The molecule has 3 rings (SSSR count). The highest BCUT2D eigenvalue weighted by Crippen LogP contribution is 2.16. The Bertz CT molecular complexity index is 608. The number of halogens is 2. The second kappa shape index (κ2) is 6.00. The minimum atomic E-state index is -0.735. The number of nitrogens with zero attached hydrogens (tertiary/aromatic N) is 1. The van der Waals surface area contributed by atoms with Gasteiger partial charge in [-0.2, -0.15) is 0 Å². The van der Waals surface area contributed by atoms with Crippen LogP contribution >= 0.6 is 0 Å². The fraction of sp³-hybridized carbons (Fsp3) is 0.467. The van der Waals surface area contributed by atoms with Gasteiger partial charge in [0, 0.05) is 19.2 Å². The first-order valence-corrected chi connectivity index (χ1v) is 7.13. The molecule has 2 heterocycles. The maximum atomic E-state index is 13.7. The van der Waals surface area contributed by atoms with Gasteiger partial charge in [0.2, 0.25) is 11.8 Å². The number of hydrogen-bond donors (Lipinski definition) is 1. The van der Waals surface area contributed by atoms with Gasteiger partial charge in [-0.25, -0.2) is 8.78 Å². The normalized spacial score (nSPS) is 24.6. The van der Waals surface area contributed by atoms with Crippen molar-refractivity contribution in [1.29, 1.82) is 0 Å². The molecule has 1 N–H and O–H groups in total. The molecule has 2 atom stereocenters. The van der Waals surface area contributed by atoms with Gasteiger partial charge < -0.3 is 15.0 Å². The number of carbonyl (C=O) groups is 2. The summed E-state index contributed by atoms with van der Waals surface area (Å²) in [5, 5.41) is 2.83. The summed E-state index contributed by atoms with van der Waals surface area (Å²) in [6.45, 7) is 1.22. The molecule has 0 aliphatic carbocycles. The van der Waals surface area contributed by atoms with Crippen molar-refractivity contribution in [3.05, 3.63) is 35.4 Å². The maximum absolute atomic E-state index is 13.7. The predicted molar refractivity (Wildman–Crippen MR) is 72.9 cm³/mol. The third-order valence-corrected chi connectivity index (χ3v) is 3.95.